The van der Waals surface area contributed by atoms with Gasteiger partial charge in [0.1, 0.15) is 5.82 Å². The molecule has 1 saturated heterocycles. The van der Waals surface area contributed by atoms with E-state index in [2.05, 4.69) is 10.3 Å². The fourth-order valence-corrected chi connectivity index (χ4v) is 1.94. The molecule has 94 valence electrons. The van der Waals surface area contributed by atoms with Crippen LogP contribution in [0, 0.1) is 0 Å². The number of hydrogen-bond donors (Lipinski definition) is 1. The van der Waals surface area contributed by atoms with E-state index in [-0.39, 0.29) is 0 Å². The Labute approximate surface area is 97.6 Å². The average molecular weight is 245 g/mol. The largest absolute Gasteiger partial charge is 0.417 e. The number of pyridine rings is 1. The lowest BCUT2D eigenvalue weighted by Gasteiger charge is -2.17. The summed E-state index contributed by atoms with van der Waals surface area (Å²) in [5.74, 6) is 0.607. The molecule has 0 radical (unpaired) electrons. The number of likely N-dealkylation sites (N-methyl/N-ethyl adjacent to an activating group) is 1. The van der Waals surface area contributed by atoms with E-state index in [1.807, 2.05) is 11.9 Å². The summed E-state index contributed by atoms with van der Waals surface area (Å²) in [7, 11) is 1.88. The van der Waals surface area contributed by atoms with Crippen LogP contribution in [0.15, 0.2) is 18.3 Å². The van der Waals surface area contributed by atoms with Crippen LogP contribution in [-0.2, 0) is 6.18 Å². The normalized spacial score (nSPS) is 20.9. The highest BCUT2D eigenvalue weighted by molar-refractivity contribution is 5.41. The molecule has 0 saturated carbocycles. The smallest absolute Gasteiger partial charge is 0.355 e. The lowest BCUT2D eigenvalue weighted by Crippen LogP contribution is -2.29. The topological polar surface area (TPSA) is 28.2 Å². The van der Waals surface area contributed by atoms with E-state index >= 15 is 0 Å². The summed E-state index contributed by atoms with van der Waals surface area (Å²) in [5.41, 5.74) is -0.703. The number of hydrogen-bond acceptors (Lipinski definition) is 3. The van der Waals surface area contributed by atoms with Gasteiger partial charge in [0, 0.05) is 25.3 Å². The Morgan fingerprint density at radius 2 is 2.18 bits per heavy atom. The summed E-state index contributed by atoms with van der Waals surface area (Å²) in [4.78, 5) is 5.86. The lowest BCUT2D eigenvalue weighted by atomic mass is 10.2. The molecular weight excluding hydrogens is 231 g/mol. The van der Waals surface area contributed by atoms with Crippen molar-refractivity contribution in [3.63, 3.8) is 0 Å². The molecule has 1 aliphatic heterocycles. The number of nitrogens with one attached hydrogen (secondary N) is 1. The molecule has 1 aromatic rings. The third kappa shape index (κ3) is 2.69. The summed E-state index contributed by atoms with van der Waals surface area (Å²) >= 11 is 0. The van der Waals surface area contributed by atoms with E-state index in [0.717, 1.165) is 31.8 Å². The quantitative estimate of drug-likeness (QED) is 0.862. The van der Waals surface area contributed by atoms with Gasteiger partial charge in [-0.1, -0.05) is 0 Å². The minimum Gasteiger partial charge on any atom is -0.355 e. The molecule has 1 aromatic heterocycles. The Morgan fingerprint density at radius 3 is 2.65 bits per heavy atom. The Kier molecular flexibility index (Phi) is 3.24. The van der Waals surface area contributed by atoms with Crippen molar-refractivity contribution in [1.29, 1.82) is 0 Å². The van der Waals surface area contributed by atoms with Gasteiger partial charge in [-0.05, 0) is 25.6 Å². The van der Waals surface area contributed by atoms with Crippen molar-refractivity contribution in [3.05, 3.63) is 23.9 Å². The molecule has 2 heterocycles. The molecule has 1 aliphatic rings. The van der Waals surface area contributed by atoms with Crippen LogP contribution in [0.2, 0.25) is 0 Å². The van der Waals surface area contributed by atoms with Gasteiger partial charge in [0.15, 0.2) is 0 Å². The van der Waals surface area contributed by atoms with Gasteiger partial charge in [0.25, 0.3) is 0 Å². The third-order valence-corrected chi connectivity index (χ3v) is 3.00. The molecule has 1 atom stereocenters. The molecule has 0 amide bonds. The summed E-state index contributed by atoms with van der Waals surface area (Å²) in [6, 6.07) is 2.90. The van der Waals surface area contributed by atoms with Crippen LogP contribution >= 0.6 is 0 Å². The Hall–Kier alpha value is -1.30. The van der Waals surface area contributed by atoms with Crippen molar-refractivity contribution in [2.45, 2.75) is 18.6 Å². The zero-order valence-corrected chi connectivity index (χ0v) is 9.46. The van der Waals surface area contributed by atoms with Crippen molar-refractivity contribution < 1.29 is 13.2 Å². The second-order valence-corrected chi connectivity index (χ2v) is 4.12. The molecule has 1 N–H and O–H groups in total. The van der Waals surface area contributed by atoms with Gasteiger partial charge < -0.3 is 10.2 Å². The predicted molar refractivity (Wildman–Crippen MR) is 58.9 cm³/mol. The Bertz CT molecular complexity index is 375. The molecule has 2 rings (SSSR count). The highest BCUT2D eigenvalue weighted by atomic mass is 19.4. The fraction of sp³-hybridized carbons (Fsp3) is 0.545. The average Bonchev–Trinajstić information content (AvgIpc) is 2.76. The van der Waals surface area contributed by atoms with Gasteiger partial charge in [-0.2, -0.15) is 13.2 Å². The van der Waals surface area contributed by atoms with Crippen molar-refractivity contribution in [3.8, 4) is 0 Å². The van der Waals surface area contributed by atoms with Crippen LogP contribution in [-0.4, -0.2) is 31.2 Å². The standard InChI is InChI=1S/C11H14F3N3/c1-15-9-4-5-17(7-9)10-3-2-8(6-16-10)11(12,13)14/h2-3,6,9,15H,4-5,7H2,1H3. The van der Waals surface area contributed by atoms with Crippen LogP contribution in [0.4, 0.5) is 19.0 Å². The van der Waals surface area contributed by atoms with E-state index in [0.29, 0.717) is 11.9 Å². The molecule has 0 aromatic carbocycles. The summed E-state index contributed by atoms with van der Waals surface area (Å²) in [6.45, 7) is 1.61. The highest BCUT2D eigenvalue weighted by Gasteiger charge is 2.31. The van der Waals surface area contributed by atoms with Crippen LogP contribution < -0.4 is 10.2 Å². The molecule has 1 unspecified atom stereocenters. The maximum Gasteiger partial charge on any atom is 0.417 e. The predicted octanol–water partition coefficient (Wildman–Crippen LogP) is 1.90. The first-order valence-electron chi connectivity index (χ1n) is 5.46. The van der Waals surface area contributed by atoms with Crippen LogP contribution in [0.25, 0.3) is 0 Å². The zero-order chi connectivity index (χ0) is 12.5. The van der Waals surface area contributed by atoms with Gasteiger partial charge in [-0.25, -0.2) is 4.98 Å². The first kappa shape index (κ1) is 12.2. The molecule has 0 spiro atoms. The molecule has 1 fully saturated rings. The van der Waals surface area contributed by atoms with Crippen molar-refractivity contribution in [1.82, 2.24) is 10.3 Å². The number of anilines is 1. The lowest BCUT2D eigenvalue weighted by molar-refractivity contribution is -0.137. The molecule has 3 nitrogen and oxygen atoms in total. The molecule has 0 bridgehead atoms. The Morgan fingerprint density at radius 1 is 1.41 bits per heavy atom. The van der Waals surface area contributed by atoms with E-state index in [1.165, 1.54) is 6.07 Å². The number of alkyl halides is 3. The molecule has 0 aliphatic carbocycles. The van der Waals surface area contributed by atoms with Crippen LogP contribution in [0.1, 0.15) is 12.0 Å². The van der Waals surface area contributed by atoms with Crippen molar-refractivity contribution in [2.24, 2.45) is 0 Å². The van der Waals surface area contributed by atoms with E-state index in [4.69, 9.17) is 0 Å². The van der Waals surface area contributed by atoms with Gasteiger partial charge in [-0.3, -0.25) is 0 Å². The molecule has 6 heteroatoms. The minimum absolute atomic E-state index is 0.388. The van der Waals surface area contributed by atoms with Crippen molar-refractivity contribution >= 4 is 5.82 Å². The maximum absolute atomic E-state index is 12.3. The van der Waals surface area contributed by atoms with Crippen LogP contribution in [0.5, 0.6) is 0 Å². The Balaban J connectivity index is 2.09. The van der Waals surface area contributed by atoms with Gasteiger partial charge in [-0.15, -0.1) is 0 Å². The fourth-order valence-electron chi connectivity index (χ4n) is 1.94. The molecule has 17 heavy (non-hydrogen) atoms. The highest BCUT2D eigenvalue weighted by Crippen LogP contribution is 2.29. The summed E-state index contributed by atoms with van der Waals surface area (Å²) in [5, 5.41) is 3.15. The number of halogens is 3. The summed E-state index contributed by atoms with van der Waals surface area (Å²) in [6.07, 6.45) is -2.44. The van der Waals surface area contributed by atoms with E-state index in [1.54, 1.807) is 0 Å². The first-order chi connectivity index (χ1) is 8.00. The summed E-state index contributed by atoms with van der Waals surface area (Å²) < 4.78 is 37.0. The third-order valence-electron chi connectivity index (χ3n) is 3.00. The van der Waals surface area contributed by atoms with Crippen LogP contribution in [0.3, 0.4) is 0 Å². The van der Waals surface area contributed by atoms with Crippen molar-refractivity contribution in [2.75, 3.05) is 25.0 Å². The zero-order valence-electron chi connectivity index (χ0n) is 9.46. The van der Waals surface area contributed by atoms with E-state index in [9.17, 15) is 13.2 Å². The second kappa shape index (κ2) is 4.52. The maximum atomic E-state index is 12.3. The number of rotatable bonds is 2. The van der Waals surface area contributed by atoms with Gasteiger partial charge in [0.2, 0.25) is 0 Å². The number of aromatic nitrogens is 1. The first-order valence-corrected chi connectivity index (χ1v) is 5.46. The van der Waals surface area contributed by atoms with Gasteiger partial charge >= 0.3 is 6.18 Å². The number of nitrogens with zero attached hydrogens (tertiary/aromatic N) is 2. The monoisotopic (exact) mass is 245 g/mol. The van der Waals surface area contributed by atoms with Gasteiger partial charge in [0.05, 0.1) is 5.56 Å². The minimum atomic E-state index is -4.32. The molecular formula is C11H14F3N3. The SMILES string of the molecule is CNC1CCN(c2ccc(C(F)(F)F)cn2)C1. The van der Waals surface area contributed by atoms with E-state index < -0.39 is 11.7 Å². The second-order valence-electron chi connectivity index (χ2n) is 4.12.